The lowest BCUT2D eigenvalue weighted by Crippen LogP contribution is -2.37. The summed E-state index contributed by atoms with van der Waals surface area (Å²) in [6, 6.07) is 0. The van der Waals surface area contributed by atoms with Gasteiger partial charge in [-0.15, -0.1) is 0 Å². The largest absolute Gasteiger partial charge is 0.472 e. The molecular weight excluding hydrogens is 1010 g/mol. The number of allylic oxidation sites excluding steroid dienone is 14. The van der Waals surface area contributed by atoms with Crippen LogP contribution in [0.4, 0.5) is 0 Å². The van der Waals surface area contributed by atoms with E-state index in [1.54, 1.807) is 0 Å². The van der Waals surface area contributed by atoms with E-state index in [9.17, 15) is 19.0 Å². The van der Waals surface area contributed by atoms with Crippen LogP contribution in [-0.2, 0) is 32.7 Å². The van der Waals surface area contributed by atoms with Crippen molar-refractivity contribution >= 4 is 19.8 Å². The van der Waals surface area contributed by atoms with Crippen LogP contribution in [0.2, 0.25) is 0 Å². The molecule has 0 heterocycles. The van der Waals surface area contributed by atoms with Crippen molar-refractivity contribution in [2.24, 2.45) is 0 Å². The molecule has 0 radical (unpaired) electrons. The smallest absolute Gasteiger partial charge is 0.462 e. The third-order valence-corrected chi connectivity index (χ3v) is 15.4. The van der Waals surface area contributed by atoms with E-state index < -0.39 is 26.5 Å². The van der Waals surface area contributed by atoms with E-state index in [2.05, 4.69) is 98.9 Å². The molecule has 0 aromatic rings. The van der Waals surface area contributed by atoms with E-state index >= 15 is 0 Å². The molecule has 80 heavy (non-hydrogen) atoms. The van der Waals surface area contributed by atoms with Gasteiger partial charge in [-0.2, -0.15) is 0 Å². The number of phosphoric ester groups is 1. The van der Waals surface area contributed by atoms with Crippen molar-refractivity contribution in [1.82, 2.24) is 0 Å². The Labute approximate surface area is 494 Å². The predicted octanol–water partition coefficient (Wildman–Crippen LogP) is 21.4. The number of esters is 2. The van der Waals surface area contributed by atoms with Crippen LogP contribution in [0.15, 0.2) is 85.1 Å². The molecule has 2 atom stereocenters. The van der Waals surface area contributed by atoms with Gasteiger partial charge in [-0.05, 0) is 89.9 Å². The molecule has 0 aliphatic heterocycles. The average molecular weight is 1140 g/mol. The number of rotatable bonds is 61. The van der Waals surface area contributed by atoms with Gasteiger partial charge >= 0.3 is 19.8 Å². The molecule has 0 rings (SSSR count). The third kappa shape index (κ3) is 64.4. The van der Waals surface area contributed by atoms with Crippen LogP contribution in [0.25, 0.3) is 0 Å². The summed E-state index contributed by atoms with van der Waals surface area (Å²) in [6.07, 6.45) is 82.7. The highest BCUT2D eigenvalue weighted by Crippen LogP contribution is 2.43. The summed E-state index contributed by atoms with van der Waals surface area (Å²) in [6.45, 7) is 4.30. The molecule has 0 saturated carbocycles. The molecule has 0 aliphatic rings. The summed E-state index contributed by atoms with van der Waals surface area (Å²) in [7, 11) is 1.47. The highest BCUT2D eigenvalue weighted by Gasteiger charge is 2.27. The van der Waals surface area contributed by atoms with E-state index in [1.807, 2.05) is 21.1 Å². The fraction of sp³-hybridized carbons (Fsp3) is 0.771. The number of phosphoric acid groups is 1. The lowest BCUT2D eigenvalue weighted by atomic mass is 10.0. The Morgan fingerprint density at radius 1 is 0.400 bits per heavy atom. The first-order valence-corrected chi connectivity index (χ1v) is 34.8. The zero-order chi connectivity index (χ0) is 58.4. The van der Waals surface area contributed by atoms with Crippen LogP contribution in [-0.4, -0.2) is 74.9 Å². The molecule has 9 nitrogen and oxygen atoms in total. The SMILES string of the molecule is CC/C=C\C/C=C\C/C=C\C/C=C\C/C=C\CCCCCCCCCCCCCCCCCCCCCCCCCCCC(=O)OC(COC(=O)CCCCCCC/C=C\C/C=C\CCCCC)COP(=O)(O)OCC[N+](C)(C)C. The molecule has 0 saturated heterocycles. The molecule has 0 amide bonds. The monoisotopic (exact) mass is 1140 g/mol. The maximum absolute atomic E-state index is 12.8. The second-order valence-electron chi connectivity index (χ2n) is 23.5. The van der Waals surface area contributed by atoms with Crippen molar-refractivity contribution in [3.63, 3.8) is 0 Å². The fourth-order valence-electron chi connectivity index (χ4n) is 9.31. The zero-order valence-corrected chi connectivity index (χ0v) is 53.7. The van der Waals surface area contributed by atoms with Crippen molar-refractivity contribution in [3.05, 3.63) is 85.1 Å². The van der Waals surface area contributed by atoms with Crippen LogP contribution in [0.5, 0.6) is 0 Å². The Bertz CT molecular complexity index is 1630. The van der Waals surface area contributed by atoms with Crippen molar-refractivity contribution in [3.8, 4) is 0 Å². The average Bonchev–Trinajstić information content (AvgIpc) is 3.42. The van der Waals surface area contributed by atoms with Crippen LogP contribution in [0.1, 0.15) is 296 Å². The first-order valence-electron chi connectivity index (χ1n) is 33.3. The Morgan fingerprint density at radius 3 is 1.06 bits per heavy atom. The van der Waals surface area contributed by atoms with Gasteiger partial charge in [-0.1, -0.05) is 279 Å². The standard InChI is InChI=1S/C70H126NO8P/c1-6-8-10-12-14-16-18-20-22-23-24-25-26-27-28-29-30-31-32-33-34-35-36-37-38-39-40-41-42-43-44-45-46-47-49-51-53-55-57-59-61-63-70(73)79-68(67-78-80(74,75)77-65-64-71(3,4)5)66-76-69(72)62-60-58-56-54-52-50-48-21-19-17-15-13-11-9-7-2/h8,10,14-17,20-22,24-25,27-28,48,68H,6-7,9,11-13,18-19,23,26,29-47,49-67H2,1-5H3/p+1/b10-8-,16-14-,17-15-,22-20-,25-24-,28-27-,48-21-. The molecule has 0 spiro atoms. The second-order valence-corrected chi connectivity index (χ2v) is 24.9. The molecule has 0 aromatic carbocycles. The molecule has 0 aliphatic carbocycles. The van der Waals surface area contributed by atoms with E-state index in [1.165, 1.54) is 173 Å². The molecule has 2 unspecified atom stereocenters. The summed E-state index contributed by atoms with van der Waals surface area (Å²) in [5.74, 6) is -0.804. The van der Waals surface area contributed by atoms with Gasteiger partial charge in [0, 0.05) is 12.8 Å². The Hall–Kier alpha value is -2.81. The van der Waals surface area contributed by atoms with Crippen molar-refractivity contribution in [1.29, 1.82) is 0 Å². The summed E-state index contributed by atoms with van der Waals surface area (Å²) in [4.78, 5) is 35.7. The van der Waals surface area contributed by atoms with E-state index in [-0.39, 0.29) is 32.0 Å². The van der Waals surface area contributed by atoms with Gasteiger partial charge in [0.2, 0.25) is 0 Å². The van der Waals surface area contributed by atoms with Gasteiger partial charge in [0.1, 0.15) is 19.8 Å². The number of hydrogen-bond acceptors (Lipinski definition) is 7. The van der Waals surface area contributed by atoms with Gasteiger partial charge < -0.3 is 18.9 Å². The van der Waals surface area contributed by atoms with Crippen LogP contribution < -0.4 is 0 Å². The molecule has 464 valence electrons. The molecule has 1 N–H and O–H groups in total. The first-order chi connectivity index (χ1) is 39.0. The number of nitrogens with zero attached hydrogens (tertiary/aromatic N) is 1. The Balaban J connectivity index is 3.90. The highest BCUT2D eigenvalue weighted by molar-refractivity contribution is 7.47. The number of hydrogen-bond donors (Lipinski definition) is 1. The van der Waals surface area contributed by atoms with Crippen LogP contribution in [0, 0.1) is 0 Å². The lowest BCUT2D eigenvalue weighted by Gasteiger charge is -2.24. The van der Waals surface area contributed by atoms with Crippen molar-refractivity contribution < 1.29 is 42.1 Å². The maximum atomic E-state index is 12.8. The van der Waals surface area contributed by atoms with E-state index in [4.69, 9.17) is 18.5 Å². The number of quaternary nitrogens is 1. The summed E-state index contributed by atoms with van der Waals surface area (Å²) in [5.41, 5.74) is 0. The molecular formula is C70H127NO8P+. The number of ether oxygens (including phenoxy) is 2. The number of carbonyl (C=O) groups is 2. The number of unbranched alkanes of at least 4 members (excludes halogenated alkanes) is 33. The van der Waals surface area contributed by atoms with Gasteiger partial charge in [-0.25, -0.2) is 4.57 Å². The van der Waals surface area contributed by atoms with Gasteiger partial charge in [0.05, 0.1) is 27.7 Å². The zero-order valence-electron chi connectivity index (χ0n) is 52.8. The Kier molecular flexibility index (Phi) is 58.6. The fourth-order valence-corrected chi connectivity index (χ4v) is 10.1. The second kappa shape index (κ2) is 60.8. The number of carbonyl (C=O) groups excluding carboxylic acids is 2. The quantitative estimate of drug-likeness (QED) is 0.0211. The minimum atomic E-state index is -4.39. The van der Waals surface area contributed by atoms with Crippen molar-refractivity contribution in [2.45, 2.75) is 302 Å². The Morgan fingerprint density at radius 2 is 0.713 bits per heavy atom. The minimum absolute atomic E-state index is 0.0290. The normalized spacial score (nSPS) is 13.7. The van der Waals surface area contributed by atoms with Gasteiger partial charge in [0.25, 0.3) is 0 Å². The van der Waals surface area contributed by atoms with Crippen LogP contribution >= 0.6 is 7.82 Å². The first kappa shape index (κ1) is 77.2. The topological polar surface area (TPSA) is 108 Å². The summed E-state index contributed by atoms with van der Waals surface area (Å²) in [5, 5.41) is 0. The lowest BCUT2D eigenvalue weighted by molar-refractivity contribution is -0.870. The molecule has 10 heteroatoms. The van der Waals surface area contributed by atoms with Crippen molar-refractivity contribution in [2.75, 3.05) is 47.5 Å². The maximum Gasteiger partial charge on any atom is 0.472 e. The van der Waals surface area contributed by atoms with E-state index in [0.717, 1.165) is 89.9 Å². The summed E-state index contributed by atoms with van der Waals surface area (Å²) >= 11 is 0. The summed E-state index contributed by atoms with van der Waals surface area (Å²) < 4.78 is 34.6. The minimum Gasteiger partial charge on any atom is -0.462 e. The van der Waals surface area contributed by atoms with Crippen LogP contribution in [0.3, 0.4) is 0 Å². The van der Waals surface area contributed by atoms with E-state index in [0.29, 0.717) is 17.4 Å². The van der Waals surface area contributed by atoms with Gasteiger partial charge in [0.15, 0.2) is 6.10 Å². The highest BCUT2D eigenvalue weighted by atomic mass is 31.2. The van der Waals surface area contributed by atoms with Gasteiger partial charge in [-0.3, -0.25) is 18.6 Å². The third-order valence-electron chi connectivity index (χ3n) is 14.4. The number of likely N-dealkylation sites (N-methyl/N-ethyl adjacent to an activating group) is 1. The molecule has 0 aromatic heterocycles. The molecule has 0 fully saturated rings. The molecule has 0 bridgehead atoms. The predicted molar refractivity (Wildman–Crippen MR) is 344 cm³/mol.